The van der Waals surface area contributed by atoms with Crippen LogP contribution in [0.15, 0.2) is 0 Å². The summed E-state index contributed by atoms with van der Waals surface area (Å²) in [5.41, 5.74) is 6.01. The molecule has 16 heavy (non-hydrogen) atoms. The Hall–Kier alpha value is -1.32. The van der Waals surface area contributed by atoms with Crippen LogP contribution in [0.2, 0.25) is 0 Å². The van der Waals surface area contributed by atoms with Crippen molar-refractivity contribution >= 4 is 22.4 Å². The lowest BCUT2D eigenvalue weighted by molar-refractivity contribution is 0.284. The van der Waals surface area contributed by atoms with Crippen LogP contribution in [0.3, 0.4) is 0 Å². The zero-order valence-electron chi connectivity index (χ0n) is 9.82. The van der Waals surface area contributed by atoms with Gasteiger partial charge in [-0.15, -0.1) is 0 Å². The van der Waals surface area contributed by atoms with Crippen LogP contribution in [0.4, 0.5) is 10.8 Å². The number of rotatable bonds is 5. The van der Waals surface area contributed by atoms with Gasteiger partial charge in [-0.25, -0.2) is 0 Å². The number of likely N-dealkylation sites (N-methyl/N-ethyl adjacent to an activating group) is 1. The molecule has 0 fully saturated rings. The van der Waals surface area contributed by atoms with Crippen LogP contribution in [0.25, 0.3) is 0 Å². The Balaban J connectivity index is 2.47. The molecule has 1 aromatic rings. The van der Waals surface area contributed by atoms with Crippen molar-refractivity contribution in [3.63, 3.8) is 0 Å². The van der Waals surface area contributed by atoms with Crippen LogP contribution < -0.4 is 11.1 Å². The molecule has 5 nitrogen and oxygen atoms in total. The van der Waals surface area contributed by atoms with E-state index in [9.17, 15) is 0 Å². The van der Waals surface area contributed by atoms with Crippen molar-refractivity contribution < 1.29 is 0 Å². The fourth-order valence-electron chi connectivity index (χ4n) is 1.14. The molecular weight excluding hydrogens is 222 g/mol. The van der Waals surface area contributed by atoms with Gasteiger partial charge in [0.2, 0.25) is 0 Å². The Morgan fingerprint density at radius 1 is 1.62 bits per heavy atom. The number of nitrogens with zero attached hydrogens (tertiary/aromatic N) is 3. The fraction of sp³-hybridized carbons (Fsp3) is 0.600. The average molecular weight is 239 g/mol. The molecule has 0 aliphatic carbocycles. The lowest BCUT2D eigenvalue weighted by Gasteiger charge is -2.20. The van der Waals surface area contributed by atoms with Crippen LogP contribution >= 0.6 is 11.5 Å². The molecule has 0 atom stereocenters. The van der Waals surface area contributed by atoms with Crippen molar-refractivity contribution in [1.82, 2.24) is 9.27 Å². The fourth-order valence-corrected chi connectivity index (χ4v) is 1.82. The third kappa shape index (κ3) is 3.08. The largest absolute Gasteiger partial charge is 0.382 e. The van der Waals surface area contributed by atoms with E-state index in [1.165, 1.54) is 11.5 Å². The maximum Gasteiger partial charge on any atom is 0.157 e. The van der Waals surface area contributed by atoms with Gasteiger partial charge in [-0.2, -0.15) is 9.64 Å². The van der Waals surface area contributed by atoms with Gasteiger partial charge in [0.15, 0.2) is 5.82 Å². The van der Waals surface area contributed by atoms with Crippen molar-refractivity contribution in [3.8, 4) is 6.07 Å². The molecule has 0 aliphatic rings. The summed E-state index contributed by atoms with van der Waals surface area (Å²) < 4.78 is 3.94. The highest BCUT2D eigenvalue weighted by atomic mass is 32.1. The molecule has 3 N–H and O–H groups in total. The number of nitriles is 1. The van der Waals surface area contributed by atoms with E-state index in [0.29, 0.717) is 17.4 Å². The minimum absolute atomic E-state index is 0.312. The highest BCUT2D eigenvalue weighted by molar-refractivity contribution is 7.10. The molecule has 0 spiro atoms. The van der Waals surface area contributed by atoms with E-state index in [1.54, 1.807) is 0 Å². The lowest BCUT2D eigenvalue weighted by Crippen LogP contribution is -2.31. The van der Waals surface area contributed by atoms with Gasteiger partial charge < -0.3 is 16.0 Å². The summed E-state index contributed by atoms with van der Waals surface area (Å²) in [4.78, 5) is 2.23. The third-order valence-corrected chi connectivity index (χ3v) is 3.28. The molecule has 1 rings (SSSR count). The maximum atomic E-state index is 8.87. The average Bonchev–Trinajstić information content (AvgIpc) is 2.59. The zero-order chi connectivity index (χ0) is 12.1. The van der Waals surface area contributed by atoms with E-state index in [4.69, 9.17) is 11.0 Å². The van der Waals surface area contributed by atoms with E-state index >= 15 is 0 Å². The van der Waals surface area contributed by atoms with Gasteiger partial charge in [0.1, 0.15) is 16.6 Å². The number of hydrogen-bond acceptors (Lipinski definition) is 6. The maximum absolute atomic E-state index is 8.87. The molecule has 88 valence electrons. The SMILES string of the molecule is CC(C)N(C)CCNc1snc(N)c1C#N. The Morgan fingerprint density at radius 2 is 2.31 bits per heavy atom. The van der Waals surface area contributed by atoms with E-state index in [-0.39, 0.29) is 0 Å². The predicted molar refractivity (Wildman–Crippen MR) is 67.5 cm³/mol. The van der Waals surface area contributed by atoms with Gasteiger partial charge in [-0.3, -0.25) is 0 Å². The summed E-state index contributed by atoms with van der Waals surface area (Å²) in [6.45, 7) is 5.99. The second-order valence-corrected chi connectivity index (χ2v) is 4.66. The lowest BCUT2D eigenvalue weighted by atomic mass is 10.3. The number of anilines is 2. The van der Waals surface area contributed by atoms with Crippen molar-refractivity contribution in [3.05, 3.63) is 5.56 Å². The topological polar surface area (TPSA) is 78.0 Å². The van der Waals surface area contributed by atoms with Crippen molar-refractivity contribution in [1.29, 1.82) is 5.26 Å². The van der Waals surface area contributed by atoms with Crippen molar-refractivity contribution in [2.75, 3.05) is 31.2 Å². The molecule has 0 unspecified atom stereocenters. The van der Waals surface area contributed by atoms with Gasteiger partial charge >= 0.3 is 0 Å². The molecule has 0 radical (unpaired) electrons. The molecule has 0 bridgehead atoms. The summed E-state index contributed by atoms with van der Waals surface area (Å²) in [5.74, 6) is 0.312. The monoisotopic (exact) mass is 239 g/mol. The first-order chi connectivity index (χ1) is 7.56. The smallest absolute Gasteiger partial charge is 0.157 e. The third-order valence-electron chi connectivity index (χ3n) is 2.46. The Morgan fingerprint density at radius 3 is 2.88 bits per heavy atom. The number of nitrogens with one attached hydrogen (secondary N) is 1. The Labute approximate surface area is 100 Å². The number of hydrogen-bond donors (Lipinski definition) is 2. The van der Waals surface area contributed by atoms with E-state index in [2.05, 4.69) is 41.6 Å². The first-order valence-corrected chi connectivity index (χ1v) is 5.93. The molecule has 1 heterocycles. The normalized spacial score (nSPS) is 10.8. The van der Waals surface area contributed by atoms with E-state index < -0.39 is 0 Å². The molecule has 1 aromatic heterocycles. The van der Waals surface area contributed by atoms with Gasteiger partial charge in [0.25, 0.3) is 0 Å². The van der Waals surface area contributed by atoms with Crippen molar-refractivity contribution in [2.45, 2.75) is 19.9 Å². The minimum atomic E-state index is 0.312. The molecule has 0 aliphatic heterocycles. The summed E-state index contributed by atoms with van der Waals surface area (Å²) in [5, 5.41) is 12.8. The van der Waals surface area contributed by atoms with Gasteiger partial charge in [0, 0.05) is 19.1 Å². The van der Waals surface area contributed by atoms with E-state index in [0.717, 1.165) is 18.1 Å². The molecule has 6 heteroatoms. The van der Waals surface area contributed by atoms with Crippen LogP contribution in [0, 0.1) is 11.3 Å². The number of aromatic nitrogens is 1. The first kappa shape index (κ1) is 12.7. The molecule has 0 saturated carbocycles. The standard InChI is InChI=1S/C10H17N5S/c1-7(2)15(3)5-4-13-10-8(6-11)9(12)14-16-10/h7,13H,4-5H2,1-3H3,(H2,12,14). The Bertz CT molecular complexity index is 379. The summed E-state index contributed by atoms with van der Waals surface area (Å²) >= 11 is 1.23. The van der Waals surface area contributed by atoms with Crippen LogP contribution in [0.5, 0.6) is 0 Å². The molecule has 0 amide bonds. The van der Waals surface area contributed by atoms with Gasteiger partial charge in [-0.1, -0.05) is 0 Å². The second-order valence-electron chi connectivity index (χ2n) is 3.88. The Kier molecular flexibility index (Phi) is 4.52. The van der Waals surface area contributed by atoms with Crippen LogP contribution in [-0.4, -0.2) is 35.5 Å². The molecule has 0 aromatic carbocycles. The van der Waals surface area contributed by atoms with E-state index in [1.807, 2.05) is 0 Å². The van der Waals surface area contributed by atoms with Gasteiger partial charge in [-0.05, 0) is 32.4 Å². The van der Waals surface area contributed by atoms with Gasteiger partial charge in [0.05, 0.1) is 0 Å². The predicted octanol–water partition coefficient (Wildman–Crippen LogP) is 1.35. The summed E-state index contributed by atoms with van der Waals surface area (Å²) in [7, 11) is 2.07. The molecular formula is C10H17N5S. The number of nitrogen functional groups attached to an aromatic ring is 1. The molecule has 0 saturated heterocycles. The minimum Gasteiger partial charge on any atom is -0.382 e. The quantitative estimate of drug-likeness (QED) is 0.811. The second kappa shape index (κ2) is 5.68. The first-order valence-electron chi connectivity index (χ1n) is 5.15. The summed E-state index contributed by atoms with van der Waals surface area (Å²) in [6.07, 6.45) is 0. The zero-order valence-corrected chi connectivity index (χ0v) is 10.6. The van der Waals surface area contributed by atoms with Crippen LogP contribution in [-0.2, 0) is 0 Å². The van der Waals surface area contributed by atoms with Crippen molar-refractivity contribution in [2.24, 2.45) is 0 Å². The highest BCUT2D eigenvalue weighted by Gasteiger charge is 2.10. The summed E-state index contributed by atoms with van der Waals surface area (Å²) in [6, 6.07) is 2.57. The van der Waals surface area contributed by atoms with Crippen LogP contribution in [0.1, 0.15) is 19.4 Å². The highest BCUT2D eigenvalue weighted by Crippen LogP contribution is 2.25. The number of nitrogens with two attached hydrogens (primary N) is 1.